The summed E-state index contributed by atoms with van der Waals surface area (Å²) in [5, 5.41) is 4.02. The number of anilines is 1. The van der Waals surface area contributed by atoms with Crippen LogP contribution in [0.25, 0.3) is 0 Å². The summed E-state index contributed by atoms with van der Waals surface area (Å²) < 4.78 is 40.5. The molecule has 0 radical (unpaired) electrons. The van der Waals surface area contributed by atoms with Gasteiger partial charge >= 0.3 is 11.0 Å². The highest BCUT2D eigenvalue weighted by molar-refractivity contribution is 7.07. The van der Waals surface area contributed by atoms with Crippen LogP contribution in [-0.2, 0) is 22.3 Å². The first-order valence-electron chi connectivity index (χ1n) is 9.26. The minimum atomic E-state index is -4.56. The summed E-state index contributed by atoms with van der Waals surface area (Å²) in [6.07, 6.45) is -4.56. The summed E-state index contributed by atoms with van der Waals surface area (Å²) in [5.41, 5.74) is -0.444. The molecule has 2 heterocycles. The Balaban J connectivity index is 1.51. The summed E-state index contributed by atoms with van der Waals surface area (Å²) >= 11 is 1.04. The highest BCUT2D eigenvalue weighted by atomic mass is 32.1. The number of carbonyl (C=O) groups is 2. The molecule has 0 aliphatic carbocycles. The van der Waals surface area contributed by atoms with Crippen LogP contribution in [0.15, 0.2) is 34.4 Å². The van der Waals surface area contributed by atoms with E-state index in [1.165, 1.54) is 22.8 Å². The molecular weight excluding hydrogens is 421 g/mol. The predicted octanol–water partition coefficient (Wildman–Crippen LogP) is 2.02. The van der Waals surface area contributed by atoms with Gasteiger partial charge in [-0.25, -0.2) is 0 Å². The Morgan fingerprint density at radius 1 is 1.10 bits per heavy atom. The van der Waals surface area contributed by atoms with Gasteiger partial charge in [-0.2, -0.15) is 13.2 Å². The largest absolute Gasteiger partial charge is 0.418 e. The zero-order valence-corrected chi connectivity index (χ0v) is 17.1. The summed E-state index contributed by atoms with van der Waals surface area (Å²) in [6, 6.07) is 4.82. The molecule has 2 amide bonds. The van der Waals surface area contributed by atoms with Crippen molar-refractivity contribution in [2.45, 2.75) is 19.6 Å². The maximum absolute atomic E-state index is 13.0. The molecule has 11 heteroatoms. The Morgan fingerprint density at radius 3 is 2.37 bits per heavy atom. The molecule has 1 fully saturated rings. The average molecular weight is 442 g/mol. The Morgan fingerprint density at radius 2 is 1.77 bits per heavy atom. The van der Waals surface area contributed by atoms with Crippen molar-refractivity contribution >= 4 is 28.8 Å². The second kappa shape index (κ2) is 9.00. The molecule has 3 rings (SSSR count). The molecule has 1 saturated heterocycles. The van der Waals surface area contributed by atoms with Gasteiger partial charge < -0.3 is 10.2 Å². The van der Waals surface area contributed by atoms with Crippen LogP contribution in [0.4, 0.5) is 18.9 Å². The smallest absolute Gasteiger partial charge is 0.339 e. The highest BCUT2D eigenvalue weighted by Gasteiger charge is 2.33. The number of rotatable bonds is 5. The Hall–Kier alpha value is -2.66. The fraction of sp³-hybridized carbons (Fsp3) is 0.421. The number of aryl methyl sites for hydroxylation is 1. The van der Waals surface area contributed by atoms with Gasteiger partial charge in [0.05, 0.1) is 17.8 Å². The first kappa shape index (κ1) is 22.0. The third kappa shape index (κ3) is 5.28. The molecule has 1 aromatic carbocycles. The Bertz CT molecular complexity index is 978. The number of halogens is 3. The summed E-state index contributed by atoms with van der Waals surface area (Å²) in [4.78, 5) is 39.6. The molecule has 1 N–H and O–H groups in total. The maximum atomic E-state index is 13.0. The van der Waals surface area contributed by atoms with Gasteiger partial charge in [-0.05, 0) is 19.1 Å². The topological polar surface area (TPSA) is 74.7 Å². The third-order valence-electron chi connectivity index (χ3n) is 4.87. The molecule has 0 spiro atoms. The lowest BCUT2D eigenvalue weighted by Crippen LogP contribution is -2.51. The van der Waals surface area contributed by atoms with Crippen LogP contribution < -0.4 is 10.2 Å². The number of nitrogens with zero attached hydrogens (tertiary/aromatic N) is 3. The van der Waals surface area contributed by atoms with Crippen molar-refractivity contribution in [1.82, 2.24) is 14.4 Å². The number of hydrogen-bond acceptors (Lipinski definition) is 5. The van der Waals surface area contributed by atoms with Crippen molar-refractivity contribution in [3.8, 4) is 0 Å². The van der Waals surface area contributed by atoms with E-state index in [4.69, 9.17) is 0 Å². The maximum Gasteiger partial charge on any atom is 0.418 e. The van der Waals surface area contributed by atoms with Crippen LogP contribution in [0.3, 0.4) is 0 Å². The lowest BCUT2D eigenvalue weighted by Gasteiger charge is -2.34. The monoisotopic (exact) mass is 442 g/mol. The molecule has 7 nitrogen and oxygen atoms in total. The Kier molecular flexibility index (Phi) is 6.61. The van der Waals surface area contributed by atoms with E-state index >= 15 is 0 Å². The molecular formula is C19H21F3N4O3S. The molecule has 162 valence electrons. The van der Waals surface area contributed by atoms with Gasteiger partial charge in [0.2, 0.25) is 11.8 Å². The quantitative estimate of drug-likeness (QED) is 0.769. The SMILES string of the molecule is Cc1csc(=O)n1CC(=O)N1CCN(CC(=O)Nc2ccccc2C(F)(F)F)CC1. The number of carbonyl (C=O) groups excluding carboxylic acids is 2. The van der Waals surface area contributed by atoms with Gasteiger partial charge in [-0.3, -0.25) is 23.9 Å². The molecule has 0 saturated carbocycles. The van der Waals surface area contributed by atoms with E-state index in [-0.39, 0.29) is 29.6 Å². The summed E-state index contributed by atoms with van der Waals surface area (Å²) in [5.74, 6) is -0.728. The van der Waals surface area contributed by atoms with E-state index in [1.54, 1.807) is 22.1 Å². The normalized spacial score (nSPS) is 15.3. The second-order valence-corrected chi connectivity index (χ2v) is 7.80. The third-order valence-corrected chi connectivity index (χ3v) is 5.75. The number of hydrogen-bond donors (Lipinski definition) is 1. The van der Waals surface area contributed by atoms with E-state index in [1.807, 2.05) is 0 Å². The predicted molar refractivity (Wildman–Crippen MR) is 106 cm³/mol. The highest BCUT2D eigenvalue weighted by Crippen LogP contribution is 2.34. The van der Waals surface area contributed by atoms with Crippen molar-refractivity contribution in [2.75, 3.05) is 38.0 Å². The van der Waals surface area contributed by atoms with E-state index in [2.05, 4.69) is 5.32 Å². The van der Waals surface area contributed by atoms with Crippen LogP contribution in [0.2, 0.25) is 0 Å². The lowest BCUT2D eigenvalue weighted by atomic mass is 10.1. The number of amides is 2. The minimum Gasteiger partial charge on any atom is -0.339 e. The van der Waals surface area contributed by atoms with Crippen molar-refractivity contribution in [3.63, 3.8) is 0 Å². The van der Waals surface area contributed by atoms with Gasteiger partial charge in [0, 0.05) is 37.3 Å². The van der Waals surface area contributed by atoms with Gasteiger partial charge in [0.1, 0.15) is 6.54 Å². The van der Waals surface area contributed by atoms with Gasteiger partial charge in [-0.1, -0.05) is 23.5 Å². The summed E-state index contributed by atoms with van der Waals surface area (Å²) in [7, 11) is 0. The Labute approximate surface area is 174 Å². The van der Waals surface area contributed by atoms with E-state index in [9.17, 15) is 27.6 Å². The van der Waals surface area contributed by atoms with E-state index < -0.39 is 17.6 Å². The van der Waals surface area contributed by atoms with Crippen molar-refractivity contribution in [2.24, 2.45) is 0 Å². The van der Waals surface area contributed by atoms with Crippen molar-refractivity contribution < 1.29 is 22.8 Å². The van der Waals surface area contributed by atoms with Gasteiger partial charge in [-0.15, -0.1) is 0 Å². The van der Waals surface area contributed by atoms with Crippen LogP contribution >= 0.6 is 11.3 Å². The number of thiazole rings is 1. The van der Waals surface area contributed by atoms with E-state index in [0.29, 0.717) is 26.2 Å². The van der Waals surface area contributed by atoms with Crippen LogP contribution in [0.5, 0.6) is 0 Å². The number of piperazine rings is 1. The number of alkyl halides is 3. The molecule has 0 unspecified atom stereocenters. The van der Waals surface area contributed by atoms with Crippen LogP contribution in [-0.4, -0.2) is 58.9 Å². The zero-order chi connectivity index (χ0) is 21.9. The molecule has 2 aromatic rings. The number of para-hydroxylation sites is 1. The first-order chi connectivity index (χ1) is 14.1. The molecule has 30 heavy (non-hydrogen) atoms. The molecule has 1 aliphatic heterocycles. The van der Waals surface area contributed by atoms with Crippen molar-refractivity contribution in [3.05, 3.63) is 50.6 Å². The summed E-state index contributed by atoms with van der Waals surface area (Å²) in [6.45, 7) is 3.25. The minimum absolute atomic E-state index is 0.0249. The lowest BCUT2D eigenvalue weighted by molar-refractivity contribution is -0.137. The average Bonchev–Trinajstić information content (AvgIpc) is 3.00. The van der Waals surface area contributed by atoms with E-state index in [0.717, 1.165) is 23.1 Å². The fourth-order valence-corrected chi connectivity index (χ4v) is 3.95. The van der Waals surface area contributed by atoms with Crippen molar-refractivity contribution in [1.29, 1.82) is 0 Å². The molecule has 1 aromatic heterocycles. The second-order valence-electron chi connectivity index (χ2n) is 6.98. The van der Waals surface area contributed by atoms with Crippen LogP contribution in [0.1, 0.15) is 11.3 Å². The molecule has 0 atom stereocenters. The first-order valence-corrected chi connectivity index (χ1v) is 10.1. The number of aromatic nitrogens is 1. The molecule has 1 aliphatic rings. The molecule has 0 bridgehead atoms. The van der Waals surface area contributed by atoms with Gasteiger partial charge in [0.25, 0.3) is 0 Å². The number of benzene rings is 1. The zero-order valence-electron chi connectivity index (χ0n) is 16.2. The fourth-order valence-electron chi connectivity index (χ4n) is 3.22. The van der Waals surface area contributed by atoms with Gasteiger partial charge in [0.15, 0.2) is 0 Å². The number of nitrogens with one attached hydrogen (secondary N) is 1. The standard InChI is InChI=1S/C19H21F3N4O3S/c1-13-12-30-18(29)26(13)11-17(28)25-8-6-24(7-9-25)10-16(27)23-15-5-3-2-4-14(15)19(20,21)22/h2-5,12H,6-11H2,1H3,(H,23,27). The van der Waals surface area contributed by atoms with Crippen LogP contribution in [0, 0.1) is 6.92 Å².